The first-order valence-corrected chi connectivity index (χ1v) is 6.47. The third-order valence-electron chi connectivity index (χ3n) is 2.46. The molecule has 3 nitrogen and oxygen atoms in total. The Morgan fingerprint density at radius 2 is 1.75 bits per heavy atom. The van der Waals surface area contributed by atoms with E-state index in [4.69, 9.17) is 23.8 Å². The summed E-state index contributed by atoms with van der Waals surface area (Å²) in [4.78, 5) is 11.8. The molecule has 0 bridgehead atoms. The van der Waals surface area contributed by atoms with Crippen LogP contribution in [0, 0.1) is 5.82 Å². The van der Waals surface area contributed by atoms with Crippen LogP contribution in [-0.2, 0) is 0 Å². The second-order valence-electron chi connectivity index (χ2n) is 3.89. The fourth-order valence-corrected chi connectivity index (χ4v) is 1.88. The number of amides is 1. The molecule has 0 aliphatic heterocycles. The Morgan fingerprint density at radius 1 is 1.10 bits per heavy atom. The van der Waals surface area contributed by atoms with E-state index in [0.29, 0.717) is 16.3 Å². The highest BCUT2D eigenvalue weighted by Crippen LogP contribution is 2.20. The fourth-order valence-electron chi connectivity index (χ4n) is 1.49. The van der Waals surface area contributed by atoms with Crippen LogP contribution in [-0.4, -0.2) is 11.0 Å². The Kier molecular flexibility index (Phi) is 4.65. The van der Waals surface area contributed by atoms with Crippen molar-refractivity contribution in [1.82, 2.24) is 5.32 Å². The topological polar surface area (TPSA) is 41.1 Å². The van der Waals surface area contributed by atoms with Crippen LogP contribution in [0.4, 0.5) is 10.1 Å². The highest BCUT2D eigenvalue weighted by atomic mass is 35.5. The van der Waals surface area contributed by atoms with Crippen molar-refractivity contribution in [2.45, 2.75) is 0 Å². The van der Waals surface area contributed by atoms with E-state index in [0.717, 1.165) is 0 Å². The van der Waals surface area contributed by atoms with Crippen LogP contribution < -0.4 is 10.6 Å². The third-order valence-corrected chi connectivity index (χ3v) is 2.99. The predicted molar refractivity (Wildman–Crippen MR) is 81.5 cm³/mol. The highest BCUT2D eigenvalue weighted by molar-refractivity contribution is 7.80. The highest BCUT2D eigenvalue weighted by Gasteiger charge is 2.08. The van der Waals surface area contributed by atoms with Gasteiger partial charge in [-0.3, -0.25) is 10.1 Å². The number of carbonyl (C=O) groups is 1. The van der Waals surface area contributed by atoms with Gasteiger partial charge in [-0.2, -0.15) is 0 Å². The maximum absolute atomic E-state index is 12.8. The molecule has 0 atom stereocenters. The summed E-state index contributed by atoms with van der Waals surface area (Å²) in [6.07, 6.45) is 0. The number of thiocarbonyl (C=S) groups is 1. The first-order chi connectivity index (χ1) is 9.56. The van der Waals surface area contributed by atoms with Gasteiger partial charge < -0.3 is 5.32 Å². The molecular weight excluding hydrogens is 299 g/mol. The molecule has 0 aliphatic carbocycles. The molecule has 2 aromatic carbocycles. The zero-order valence-corrected chi connectivity index (χ0v) is 11.8. The number of nitrogens with one attached hydrogen (secondary N) is 2. The Bertz CT molecular complexity index is 646. The van der Waals surface area contributed by atoms with Crippen molar-refractivity contribution in [3.05, 3.63) is 64.9 Å². The predicted octanol–water partition coefficient (Wildman–Crippen LogP) is 3.61. The van der Waals surface area contributed by atoms with Crippen LogP contribution >= 0.6 is 23.8 Å². The van der Waals surface area contributed by atoms with Gasteiger partial charge in [0.25, 0.3) is 5.91 Å². The lowest BCUT2D eigenvalue weighted by Crippen LogP contribution is -2.34. The fraction of sp³-hybridized carbons (Fsp3) is 0. The van der Waals surface area contributed by atoms with Gasteiger partial charge in [-0.15, -0.1) is 0 Å². The summed E-state index contributed by atoms with van der Waals surface area (Å²) in [6.45, 7) is 0. The lowest BCUT2D eigenvalue weighted by Gasteiger charge is -2.10. The van der Waals surface area contributed by atoms with Gasteiger partial charge in [0.05, 0.1) is 10.7 Å². The Morgan fingerprint density at radius 3 is 2.40 bits per heavy atom. The van der Waals surface area contributed by atoms with Crippen molar-refractivity contribution >= 4 is 40.5 Å². The van der Waals surface area contributed by atoms with E-state index >= 15 is 0 Å². The van der Waals surface area contributed by atoms with E-state index in [1.54, 1.807) is 24.3 Å². The molecule has 20 heavy (non-hydrogen) atoms. The molecule has 2 aromatic rings. The molecule has 0 unspecified atom stereocenters. The molecule has 0 fully saturated rings. The monoisotopic (exact) mass is 308 g/mol. The largest absolute Gasteiger partial charge is 0.331 e. The van der Waals surface area contributed by atoms with Gasteiger partial charge in [0, 0.05) is 5.56 Å². The van der Waals surface area contributed by atoms with E-state index in [1.165, 1.54) is 24.3 Å². The average molecular weight is 309 g/mol. The number of anilines is 1. The lowest BCUT2D eigenvalue weighted by molar-refractivity contribution is 0.0977. The van der Waals surface area contributed by atoms with E-state index in [1.807, 2.05) is 0 Å². The van der Waals surface area contributed by atoms with Gasteiger partial charge in [-0.05, 0) is 48.6 Å². The summed E-state index contributed by atoms with van der Waals surface area (Å²) in [5, 5.41) is 5.92. The number of hydrogen-bond donors (Lipinski definition) is 2. The van der Waals surface area contributed by atoms with E-state index in [2.05, 4.69) is 10.6 Å². The molecule has 2 N–H and O–H groups in total. The smallest absolute Gasteiger partial charge is 0.257 e. The van der Waals surface area contributed by atoms with Crippen molar-refractivity contribution < 1.29 is 9.18 Å². The van der Waals surface area contributed by atoms with Crippen LogP contribution in [0.15, 0.2) is 48.5 Å². The van der Waals surface area contributed by atoms with Crippen LogP contribution in [0.5, 0.6) is 0 Å². The Hall–Kier alpha value is -1.98. The van der Waals surface area contributed by atoms with Crippen molar-refractivity contribution in [3.8, 4) is 0 Å². The van der Waals surface area contributed by atoms with E-state index < -0.39 is 11.7 Å². The number of carbonyl (C=O) groups excluding carboxylic acids is 1. The SMILES string of the molecule is O=C(NC(=S)Nc1ccccc1Cl)c1ccc(F)cc1. The molecule has 0 spiro atoms. The number of hydrogen-bond acceptors (Lipinski definition) is 2. The number of para-hydroxylation sites is 1. The third kappa shape index (κ3) is 3.76. The summed E-state index contributed by atoms with van der Waals surface area (Å²) < 4.78 is 12.8. The maximum atomic E-state index is 12.8. The standard InChI is InChI=1S/C14H10ClFN2OS/c15-11-3-1-2-4-12(11)17-14(20)18-13(19)9-5-7-10(16)8-6-9/h1-8H,(H2,17,18,19,20). The molecule has 0 aromatic heterocycles. The van der Waals surface area contributed by atoms with Crippen molar-refractivity contribution in [2.24, 2.45) is 0 Å². The zero-order chi connectivity index (χ0) is 14.5. The first kappa shape index (κ1) is 14.4. The summed E-state index contributed by atoms with van der Waals surface area (Å²) in [7, 11) is 0. The minimum atomic E-state index is -0.422. The summed E-state index contributed by atoms with van der Waals surface area (Å²) >= 11 is 11.0. The minimum Gasteiger partial charge on any atom is -0.331 e. The molecule has 2 rings (SSSR count). The molecule has 6 heteroatoms. The minimum absolute atomic E-state index is 0.118. The summed E-state index contributed by atoms with van der Waals surface area (Å²) in [6, 6.07) is 12.2. The van der Waals surface area contributed by atoms with Gasteiger partial charge >= 0.3 is 0 Å². The normalized spacial score (nSPS) is 9.90. The average Bonchev–Trinajstić information content (AvgIpc) is 2.42. The van der Waals surface area contributed by atoms with Crippen LogP contribution in [0.1, 0.15) is 10.4 Å². The van der Waals surface area contributed by atoms with Gasteiger partial charge in [0.15, 0.2) is 5.11 Å². The molecule has 0 saturated heterocycles. The number of benzene rings is 2. The van der Waals surface area contributed by atoms with Crippen molar-refractivity contribution in [3.63, 3.8) is 0 Å². The molecule has 0 aliphatic rings. The van der Waals surface area contributed by atoms with E-state index in [-0.39, 0.29) is 5.11 Å². The molecule has 1 amide bonds. The Labute approximate surface area is 125 Å². The maximum Gasteiger partial charge on any atom is 0.257 e. The van der Waals surface area contributed by atoms with Gasteiger partial charge in [-0.1, -0.05) is 23.7 Å². The molecule has 0 radical (unpaired) electrons. The summed E-state index contributed by atoms with van der Waals surface area (Å²) in [5.74, 6) is -0.826. The second kappa shape index (κ2) is 6.45. The van der Waals surface area contributed by atoms with Gasteiger partial charge in [0.2, 0.25) is 0 Å². The first-order valence-electron chi connectivity index (χ1n) is 5.68. The van der Waals surface area contributed by atoms with Crippen LogP contribution in [0.3, 0.4) is 0 Å². The van der Waals surface area contributed by atoms with Crippen LogP contribution in [0.25, 0.3) is 0 Å². The molecule has 0 heterocycles. The van der Waals surface area contributed by atoms with Crippen LogP contribution in [0.2, 0.25) is 5.02 Å². The molecular formula is C14H10ClFN2OS. The molecule has 0 saturated carbocycles. The molecule has 102 valence electrons. The summed E-state index contributed by atoms with van der Waals surface area (Å²) in [5.41, 5.74) is 0.910. The van der Waals surface area contributed by atoms with Gasteiger partial charge in [-0.25, -0.2) is 4.39 Å². The lowest BCUT2D eigenvalue weighted by atomic mass is 10.2. The Balaban J connectivity index is 2.00. The van der Waals surface area contributed by atoms with Crippen molar-refractivity contribution in [2.75, 3.05) is 5.32 Å². The quantitative estimate of drug-likeness (QED) is 0.833. The zero-order valence-electron chi connectivity index (χ0n) is 10.2. The van der Waals surface area contributed by atoms with E-state index in [9.17, 15) is 9.18 Å². The van der Waals surface area contributed by atoms with Gasteiger partial charge in [0.1, 0.15) is 5.82 Å². The number of halogens is 2. The second-order valence-corrected chi connectivity index (χ2v) is 4.71. The number of rotatable bonds is 2. The van der Waals surface area contributed by atoms with Crippen molar-refractivity contribution in [1.29, 1.82) is 0 Å².